The Morgan fingerprint density at radius 1 is 1.04 bits per heavy atom. The zero-order valence-corrected chi connectivity index (χ0v) is 32.1. The van der Waals surface area contributed by atoms with Crippen LogP contribution in [0.25, 0.3) is 0 Å². The maximum atomic E-state index is 13.8. The number of hydrogen-bond acceptors (Lipinski definition) is 13. The number of anilines is 1. The van der Waals surface area contributed by atoms with Crippen molar-refractivity contribution < 1.29 is 55.6 Å². The van der Waals surface area contributed by atoms with Gasteiger partial charge in [-0.15, -0.1) is 0 Å². The molecule has 1 amide bonds. The maximum Gasteiger partial charge on any atom is 0.407 e. The van der Waals surface area contributed by atoms with Crippen molar-refractivity contribution in [3.63, 3.8) is 0 Å². The van der Waals surface area contributed by atoms with Crippen molar-refractivity contribution in [2.24, 2.45) is 5.92 Å². The highest BCUT2D eigenvalue weighted by Crippen LogP contribution is 2.48. The van der Waals surface area contributed by atoms with Gasteiger partial charge in [0, 0.05) is 18.8 Å². The largest absolute Gasteiger partial charge is 0.481 e. The third kappa shape index (κ3) is 12.4. The van der Waals surface area contributed by atoms with E-state index in [1.54, 1.807) is 36.4 Å². The summed E-state index contributed by atoms with van der Waals surface area (Å²) in [7, 11) is -7.57. The molecule has 0 aliphatic carbocycles. The van der Waals surface area contributed by atoms with Gasteiger partial charge in [-0.3, -0.25) is 4.57 Å². The number of alkyl carbamates (subject to hydrolysis) is 1. The lowest BCUT2D eigenvalue weighted by atomic mass is 10.0. The van der Waals surface area contributed by atoms with E-state index in [9.17, 15) is 22.9 Å². The molecule has 0 unspecified atom stereocenters. The first-order chi connectivity index (χ1) is 24.8. The van der Waals surface area contributed by atoms with Crippen molar-refractivity contribution in [3.8, 4) is 5.75 Å². The molecule has 0 aromatic heterocycles. The maximum absolute atomic E-state index is 13.8. The van der Waals surface area contributed by atoms with Gasteiger partial charge in [-0.25, -0.2) is 13.2 Å². The minimum Gasteiger partial charge on any atom is -0.481 e. The predicted molar refractivity (Wildman–Crippen MR) is 193 cm³/mol. The number of unbranched alkanes of at least 4 members (excludes halogenated alkanes) is 2. The molecule has 0 bridgehead atoms. The molecule has 2 aliphatic heterocycles. The first kappa shape index (κ1) is 42.0. The van der Waals surface area contributed by atoms with E-state index in [0.29, 0.717) is 24.5 Å². The fraction of sp³-hybridized carbons (Fsp3) is 0.629. The van der Waals surface area contributed by atoms with Gasteiger partial charge in [-0.2, -0.15) is 4.31 Å². The Morgan fingerprint density at radius 2 is 1.73 bits per heavy atom. The van der Waals surface area contributed by atoms with E-state index in [4.69, 9.17) is 38.5 Å². The number of carbonyl (C=O) groups is 1. The van der Waals surface area contributed by atoms with E-state index >= 15 is 0 Å². The molecule has 0 radical (unpaired) electrons. The third-order valence-corrected chi connectivity index (χ3v) is 11.8. The molecule has 0 spiro atoms. The number of nitrogens with zero attached hydrogens (tertiary/aromatic N) is 1. The molecule has 52 heavy (non-hydrogen) atoms. The molecule has 2 aromatic rings. The fourth-order valence-electron chi connectivity index (χ4n) is 5.55. The van der Waals surface area contributed by atoms with Crippen LogP contribution in [0.15, 0.2) is 53.4 Å². The van der Waals surface area contributed by atoms with E-state index in [0.717, 1.165) is 25.7 Å². The van der Waals surface area contributed by atoms with Crippen LogP contribution >= 0.6 is 7.60 Å². The second-order valence-corrected chi connectivity index (χ2v) is 17.2. The molecular formula is C35H54N3O12PS. The Labute approximate surface area is 306 Å². The molecule has 0 saturated carbocycles. The zero-order chi connectivity index (χ0) is 37.7. The second-order valence-electron chi connectivity index (χ2n) is 13.3. The van der Waals surface area contributed by atoms with Gasteiger partial charge in [0.1, 0.15) is 5.75 Å². The molecule has 2 fully saturated rings. The lowest BCUT2D eigenvalue weighted by Gasteiger charge is -2.31. The molecule has 2 aromatic carbocycles. The first-order valence-corrected chi connectivity index (χ1v) is 21.0. The van der Waals surface area contributed by atoms with Crippen LogP contribution in [-0.4, -0.2) is 101 Å². The smallest absolute Gasteiger partial charge is 0.407 e. The average Bonchev–Trinajstić information content (AvgIpc) is 3.73. The Kier molecular flexibility index (Phi) is 16.2. The highest BCUT2D eigenvalue weighted by atomic mass is 32.2. The van der Waals surface area contributed by atoms with Crippen molar-refractivity contribution in [1.29, 1.82) is 0 Å². The summed E-state index contributed by atoms with van der Waals surface area (Å²) in [6.45, 7) is 8.20. The Balaban J connectivity index is 1.49. The summed E-state index contributed by atoms with van der Waals surface area (Å²) in [6.07, 6.45) is -1.10. The van der Waals surface area contributed by atoms with Crippen LogP contribution in [0, 0.1) is 5.92 Å². The highest BCUT2D eigenvalue weighted by molar-refractivity contribution is 7.89. The number of nitrogen functional groups attached to an aromatic ring is 1. The molecule has 292 valence electrons. The van der Waals surface area contributed by atoms with Gasteiger partial charge in [0.05, 0.1) is 36.9 Å². The Morgan fingerprint density at radius 3 is 2.37 bits per heavy atom. The van der Waals surface area contributed by atoms with Gasteiger partial charge >= 0.3 is 13.7 Å². The molecule has 2 aliphatic rings. The SMILES string of the molecule is CCCCOP(=O)(COc1ccc(C[C@H](NC(=O)O[C@H]2CO[C@H]3OCO[C@H]32)[C@H](O)CN(CC(C)C)S(=O)(=O)c2cccc(N)c2)cc1)OCCCC. The van der Waals surface area contributed by atoms with Gasteiger partial charge < -0.3 is 48.9 Å². The number of carbonyl (C=O) groups excluding carboxylic acids is 1. The van der Waals surface area contributed by atoms with Crippen LogP contribution in [0.5, 0.6) is 5.75 Å². The summed E-state index contributed by atoms with van der Waals surface area (Å²) in [5.41, 5.74) is 6.86. The lowest BCUT2D eigenvalue weighted by molar-refractivity contribution is -0.0943. The van der Waals surface area contributed by atoms with Gasteiger partial charge in [0.15, 0.2) is 31.6 Å². The summed E-state index contributed by atoms with van der Waals surface area (Å²) >= 11 is 0. The number of aliphatic hydroxyl groups excluding tert-OH is 1. The molecule has 15 nitrogen and oxygen atoms in total. The number of sulfonamides is 1. The van der Waals surface area contributed by atoms with Gasteiger partial charge in [0.25, 0.3) is 0 Å². The van der Waals surface area contributed by atoms with E-state index < -0.39 is 54.4 Å². The zero-order valence-electron chi connectivity index (χ0n) is 30.4. The summed E-state index contributed by atoms with van der Waals surface area (Å²) < 4.78 is 81.0. The van der Waals surface area contributed by atoms with E-state index in [1.165, 1.54) is 16.4 Å². The fourth-order valence-corrected chi connectivity index (χ4v) is 8.57. The van der Waals surface area contributed by atoms with Crippen molar-refractivity contribution >= 4 is 29.4 Å². The van der Waals surface area contributed by atoms with E-state index in [2.05, 4.69) is 5.32 Å². The van der Waals surface area contributed by atoms with Crippen LogP contribution in [0.4, 0.5) is 10.5 Å². The summed E-state index contributed by atoms with van der Waals surface area (Å²) in [5.74, 6) is 0.331. The van der Waals surface area contributed by atoms with Crippen molar-refractivity contribution in [2.45, 2.75) is 95.3 Å². The van der Waals surface area contributed by atoms with Gasteiger partial charge in [0.2, 0.25) is 10.0 Å². The molecule has 5 atom stereocenters. The lowest BCUT2D eigenvalue weighted by Crippen LogP contribution is -2.52. The number of aliphatic hydroxyl groups is 1. The predicted octanol–water partition coefficient (Wildman–Crippen LogP) is 4.87. The van der Waals surface area contributed by atoms with E-state index in [-0.39, 0.29) is 55.8 Å². The molecule has 2 heterocycles. The number of benzene rings is 2. The molecule has 2 saturated heterocycles. The van der Waals surface area contributed by atoms with Crippen molar-refractivity contribution in [3.05, 3.63) is 54.1 Å². The average molecular weight is 772 g/mol. The van der Waals surface area contributed by atoms with Crippen LogP contribution in [-0.2, 0) is 49.0 Å². The van der Waals surface area contributed by atoms with E-state index in [1.807, 2.05) is 27.7 Å². The molecule has 17 heteroatoms. The summed E-state index contributed by atoms with van der Waals surface area (Å²) in [4.78, 5) is 13.2. The monoisotopic (exact) mass is 771 g/mol. The first-order valence-electron chi connectivity index (χ1n) is 17.8. The topological polar surface area (TPSA) is 194 Å². The number of nitrogens with two attached hydrogens (primary N) is 1. The normalized spacial score (nSPS) is 20.2. The number of nitrogens with one attached hydrogen (secondary N) is 1. The number of ether oxygens (including phenoxy) is 5. The Bertz CT molecular complexity index is 1550. The minimum atomic E-state index is -4.07. The van der Waals surface area contributed by atoms with Gasteiger partial charge in [-0.05, 0) is 61.1 Å². The molecule has 4 rings (SSSR count). The number of fused-ring (bicyclic) bond motifs is 1. The minimum absolute atomic E-state index is 0.00879. The second kappa shape index (κ2) is 20.0. The highest BCUT2D eigenvalue weighted by Gasteiger charge is 2.45. The van der Waals surface area contributed by atoms with Crippen LogP contribution in [0.2, 0.25) is 0 Å². The Hall–Kier alpha value is -2.79. The van der Waals surface area contributed by atoms with Crippen LogP contribution < -0.4 is 15.8 Å². The van der Waals surface area contributed by atoms with Crippen LogP contribution in [0.3, 0.4) is 0 Å². The third-order valence-electron chi connectivity index (χ3n) is 8.37. The molecule has 4 N–H and O–H groups in total. The number of amides is 1. The quantitative estimate of drug-likeness (QED) is 0.0834. The molecular weight excluding hydrogens is 717 g/mol. The summed E-state index contributed by atoms with van der Waals surface area (Å²) in [6, 6.07) is 11.8. The number of rotatable bonds is 22. The van der Waals surface area contributed by atoms with Crippen LogP contribution in [0.1, 0.15) is 58.9 Å². The summed E-state index contributed by atoms with van der Waals surface area (Å²) in [5, 5.41) is 14.4. The standard InChI is InChI=1S/C35H54N3O12PS/c1-5-7-16-48-51(41,49-17-8-6-2)24-47-28-14-12-26(13-15-28)18-30(37-35(40)50-32-22-44-34-33(32)45-23-46-34)31(39)21-38(20-25(3)4)52(42,43)29-11-9-10-27(36)19-29/h9-15,19,25,30-34,39H,5-8,16-18,20-24,36H2,1-4H3,(H,37,40)/t30-,31+,32-,33-,34-/m0/s1. The van der Waals surface area contributed by atoms with Crippen molar-refractivity contribution in [1.82, 2.24) is 9.62 Å². The van der Waals surface area contributed by atoms with Crippen molar-refractivity contribution in [2.75, 3.05) is 51.8 Å². The number of hydrogen-bond donors (Lipinski definition) is 3. The van der Waals surface area contributed by atoms with Gasteiger partial charge in [-0.1, -0.05) is 58.7 Å².